The number of allylic oxidation sites excluding steroid dienone is 1. The third-order valence-electron chi connectivity index (χ3n) is 7.41. The molecule has 0 spiro atoms. The molecule has 6 atom stereocenters. The molecule has 1 saturated carbocycles. The monoisotopic (exact) mass is 576 g/mol. The molecule has 2 amide bonds. The normalized spacial score (nSPS) is 24.4. The fourth-order valence-corrected chi connectivity index (χ4v) is 5.17. The number of halogens is 2. The summed E-state index contributed by atoms with van der Waals surface area (Å²) in [7, 11) is 1.45. The van der Waals surface area contributed by atoms with Crippen molar-refractivity contribution in [2.45, 2.75) is 70.2 Å². The van der Waals surface area contributed by atoms with Gasteiger partial charge in [0, 0.05) is 24.8 Å². The average Bonchev–Trinajstić information content (AvgIpc) is 3.52. The fraction of sp³-hybridized carbons (Fsp3) is 0.536. The van der Waals surface area contributed by atoms with Gasteiger partial charge in [-0.1, -0.05) is 13.0 Å². The molecule has 222 valence electrons. The number of alkyl halides is 2. The van der Waals surface area contributed by atoms with E-state index in [1.807, 2.05) is 0 Å². The second-order valence-corrected chi connectivity index (χ2v) is 10.5. The van der Waals surface area contributed by atoms with Gasteiger partial charge in [0.2, 0.25) is 11.8 Å². The number of benzene rings is 1. The summed E-state index contributed by atoms with van der Waals surface area (Å²) in [6, 6.07) is 2.14. The molecule has 1 aliphatic heterocycles. The topological polar surface area (TPSA) is 140 Å². The Morgan fingerprint density at radius 3 is 2.61 bits per heavy atom. The predicted molar refractivity (Wildman–Crippen MR) is 143 cm³/mol. The van der Waals surface area contributed by atoms with Crippen LogP contribution in [0.4, 0.5) is 13.6 Å². The molecule has 2 fully saturated rings. The lowest BCUT2D eigenvalue weighted by atomic mass is 9.95. The van der Waals surface area contributed by atoms with Gasteiger partial charge in [0.1, 0.15) is 30.0 Å². The Morgan fingerprint density at radius 1 is 1.27 bits per heavy atom. The Bertz CT molecular complexity index is 1330. The second kappa shape index (κ2) is 11.8. The maximum Gasteiger partial charge on any atom is 0.408 e. The zero-order valence-corrected chi connectivity index (χ0v) is 23.3. The van der Waals surface area contributed by atoms with Crippen molar-refractivity contribution in [2.75, 3.05) is 13.7 Å². The van der Waals surface area contributed by atoms with Gasteiger partial charge in [0.15, 0.2) is 5.69 Å². The second-order valence-electron chi connectivity index (χ2n) is 10.5. The number of amides is 2. The van der Waals surface area contributed by atoms with Crippen LogP contribution in [0.25, 0.3) is 11.0 Å². The zero-order chi connectivity index (χ0) is 30.1. The van der Waals surface area contributed by atoms with Gasteiger partial charge in [-0.2, -0.15) is 8.78 Å². The lowest BCUT2D eigenvalue weighted by Gasteiger charge is -2.26. The molecule has 1 aromatic heterocycles. The van der Waals surface area contributed by atoms with Gasteiger partial charge in [0.25, 0.3) is 5.92 Å². The minimum absolute atomic E-state index is 0.196. The van der Waals surface area contributed by atoms with Crippen LogP contribution in [-0.2, 0) is 20.2 Å². The Labute approximate surface area is 235 Å². The Balaban J connectivity index is 1.56. The van der Waals surface area contributed by atoms with Crippen molar-refractivity contribution in [3.8, 4) is 11.6 Å². The largest absolute Gasteiger partial charge is 0.497 e. The number of likely N-dealkylation sites (tertiary alicyclic amines) is 1. The number of hydrogen-bond acceptors (Lipinski definition) is 8. The van der Waals surface area contributed by atoms with E-state index >= 15 is 0 Å². The number of ether oxygens (including phenoxy) is 3. The summed E-state index contributed by atoms with van der Waals surface area (Å²) in [4.78, 5) is 47.4. The van der Waals surface area contributed by atoms with E-state index in [-0.39, 0.29) is 36.0 Å². The van der Waals surface area contributed by atoms with Crippen molar-refractivity contribution in [1.82, 2.24) is 20.2 Å². The molecule has 1 saturated heterocycles. The minimum atomic E-state index is -3.43. The van der Waals surface area contributed by atoms with Gasteiger partial charge < -0.3 is 29.5 Å². The molecule has 4 rings (SSSR count). The number of methoxy groups -OCH3 is 1. The van der Waals surface area contributed by atoms with Crippen molar-refractivity contribution in [3.05, 3.63) is 36.5 Å². The number of aromatic nitrogens is 2. The molecule has 0 unspecified atom stereocenters. The maximum absolute atomic E-state index is 14.6. The van der Waals surface area contributed by atoms with Gasteiger partial charge in [-0.15, -0.1) is 6.58 Å². The first-order valence-corrected chi connectivity index (χ1v) is 13.4. The molecule has 41 heavy (non-hydrogen) atoms. The van der Waals surface area contributed by atoms with Crippen LogP contribution in [0, 0.1) is 11.8 Å². The predicted octanol–water partition coefficient (Wildman–Crippen LogP) is 3.90. The van der Waals surface area contributed by atoms with E-state index in [1.54, 1.807) is 19.1 Å². The maximum atomic E-state index is 14.6. The first-order chi connectivity index (χ1) is 19.4. The van der Waals surface area contributed by atoms with E-state index in [1.165, 1.54) is 26.2 Å². The number of carboxylic acids is 1. The number of carbonyl (C=O) groups excluding carboxylic acids is 2. The lowest BCUT2D eigenvalue weighted by molar-refractivity contribution is -0.150. The van der Waals surface area contributed by atoms with Crippen LogP contribution in [-0.4, -0.2) is 75.9 Å². The SMILES string of the molecule is C=CC[C@@H]1C[C@H]1OC(=O)N[C@@H](C)C(=O)N1C[C@H](Oc2nc3cc(OC)ccc3nc2C(C)(F)F)[C@@H](CC)[C@H]1C(=O)O. The van der Waals surface area contributed by atoms with Crippen molar-refractivity contribution in [2.24, 2.45) is 11.8 Å². The van der Waals surface area contributed by atoms with Crippen molar-refractivity contribution < 1.29 is 42.5 Å². The Hall–Kier alpha value is -4.03. The number of aliphatic carboxylic acids is 1. The number of nitrogens with one attached hydrogen (secondary N) is 1. The van der Waals surface area contributed by atoms with Crippen LogP contribution >= 0.6 is 0 Å². The molecular formula is C28H34F2N4O7. The van der Waals surface area contributed by atoms with Crippen LogP contribution in [0.5, 0.6) is 11.6 Å². The van der Waals surface area contributed by atoms with Crippen molar-refractivity contribution in [3.63, 3.8) is 0 Å². The van der Waals surface area contributed by atoms with Crippen LogP contribution in [0.2, 0.25) is 0 Å². The summed E-state index contributed by atoms with van der Waals surface area (Å²) in [6.45, 7) is 7.23. The van der Waals surface area contributed by atoms with Crippen molar-refractivity contribution >= 4 is 29.0 Å². The molecule has 0 bridgehead atoms. The minimum Gasteiger partial charge on any atom is -0.497 e. The van der Waals surface area contributed by atoms with E-state index in [9.17, 15) is 28.3 Å². The Kier molecular flexibility index (Phi) is 8.64. The standard InChI is InChI=1S/C28H34F2N4O7/c1-6-8-15-11-20(15)41-27(38)31-14(3)25(35)34-13-21(17(7-2)22(34)26(36)37)40-24-23(28(4,29)30)32-18-10-9-16(39-5)12-19(18)33-24/h6,9-10,12,14-15,17,20-22H,1,7-8,11,13H2,2-5H3,(H,31,38)(H,36,37)/t14-,15+,17+,20+,21-,22-/m0/s1. The van der Waals surface area contributed by atoms with Crippen LogP contribution in [0.3, 0.4) is 0 Å². The summed E-state index contributed by atoms with van der Waals surface area (Å²) >= 11 is 0. The number of fused-ring (bicyclic) bond motifs is 1. The van der Waals surface area contributed by atoms with Crippen LogP contribution in [0.15, 0.2) is 30.9 Å². The molecular weight excluding hydrogens is 542 g/mol. The van der Waals surface area contributed by atoms with Crippen LogP contribution < -0.4 is 14.8 Å². The summed E-state index contributed by atoms with van der Waals surface area (Å²) in [6.07, 6.45) is 1.37. The smallest absolute Gasteiger partial charge is 0.408 e. The number of alkyl carbamates (subject to hydrolysis) is 1. The highest BCUT2D eigenvalue weighted by molar-refractivity contribution is 5.90. The fourth-order valence-electron chi connectivity index (χ4n) is 5.17. The van der Waals surface area contributed by atoms with E-state index < -0.39 is 59.6 Å². The highest BCUT2D eigenvalue weighted by Gasteiger charge is 2.50. The number of rotatable bonds is 11. The third kappa shape index (κ3) is 6.49. The van der Waals surface area contributed by atoms with Crippen molar-refractivity contribution in [1.29, 1.82) is 0 Å². The van der Waals surface area contributed by atoms with E-state index in [0.29, 0.717) is 25.5 Å². The van der Waals surface area contributed by atoms with E-state index in [4.69, 9.17) is 14.2 Å². The molecule has 1 aliphatic carbocycles. The van der Waals surface area contributed by atoms with Crippen LogP contribution in [0.1, 0.15) is 45.7 Å². The zero-order valence-electron chi connectivity index (χ0n) is 23.3. The molecule has 0 radical (unpaired) electrons. The first kappa shape index (κ1) is 29.9. The summed E-state index contributed by atoms with van der Waals surface area (Å²) in [5.74, 6) is -5.98. The Morgan fingerprint density at radius 2 is 2.00 bits per heavy atom. The quantitative estimate of drug-likeness (QED) is 0.381. The summed E-state index contributed by atoms with van der Waals surface area (Å²) in [5.41, 5.74) is -0.278. The summed E-state index contributed by atoms with van der Waals surface area (Å²) in [5, 5.41) is 12.5. The summed E-state index contributed by atoms with van der Waals surface area (Å²) < 4.78 is 45.7. The number of carbonyl (C=O) groups is 3. The van der Waals surface area contributed by atoms with Gasteiger partial charge in [0.05, 0.1) is 24.7 Å². The molecule has 2 aliphatic rings. The van der Waals surface area contributed by atoms with Gasteiger partial charge in [-0.25, -0.2) is 19.6 Å². The molecule has 2 heterocycles. The van der Waals surface area contributed by atoms with E-state index in [2.05, 4.69) is 21.9 Å². The first-order valence-electron chi connectivity index (χ1n) is 13.4. The highest BCUT2D eigenvalue weighted by Crippen LogP contribution is 2.38. The highest BCUT2D eigenvalue weighted by atomic mass is 19.3. The molecule has 11 nitrogen and oxygen atoms in total. The molecule has 13 heteroatoms. The molecule has 1 aromatic carbocycles. The molecule has 2 N–H and O–H groups in total. The van der Waals surface area contributed by atoms with Gasteiger partial charge >= 0.3 is 12.1 Å². The van der Waals surface area contributed by atoms with E-state index in [0.717, 1.165) is 4.90 Å². The number of hydrogen-bond donors (Lipinski definition) is 2. The van der Waals surface area contributed by atoms with Gasteiger partial charge in [-0.05, 0) is 38.3 Å². The number of nitrogens with zero attached hydrogens (tertiary/aromatic N) is 3. The average molecular weight is 577 g/mol. The lowest BCUT2D eigenvalue weighted by Crippen LogP contribution is -2.51. The number of carboxylic acid groups (broad SMARTS) is 1. The molecule has 2 aromatic rings. The van der Waals surface area contributed by atoms with Gasteiger partial charge in [-0.3, -0.25) is 4.79 Å². The third-order valence-corrected chi connectivity index (χ3v) is 7.41.